The van der Waals surface area contributed by atoms with Crippen molar-refractivity contribution in [3.8, 4) is 0 Å². The molecule has 1 amide bonds. The molecule has 144 valence electrons. The van der Waals surface area contributed by atoms with Crippen molar-refractivity contribution in [3.05, 3.63) is 65.7 Å². The van der Waals surface area contributed by atoms with Crippen LogP contribution in [0.15, 0.2) is 59.5 Å². The SMILES string of the molecule is CCN(CC)CCCN1C(=O)c2ccccc2C1S(=O)(=O)c1ccccc1. The lowest BCUT2D eigenvalue weighted by Gasteiger charge is -2.26. The van der Waals surface area contributed by atoms with Crippen LogP contribution in [0.4, 0.5) is 0 Å². The van der Waals surface area contributed by atoms with Gasteiger partial charge in [-0.1, -0.05) is 50.2 Å². The fourth-order valence-electron chi connectivity index (χ4n) is 3.63. The Morgan fingerprint density at radius 2 is 1.59 bits per heavy atom. The molecule has 1 aliphatic rings. The number of benzene rings is 2. The Bertz CT molecular complexity index is 893. The van der Waals surface area contributed by atoms with Gasteiger partial charge in [0, 0.05) is 17.7 Å². The Hall–Kier alpha value is -2.18. The maximum absolute atomic E-state index is 13.4. The largest absolute Gasteiger partial charge is 0.317 e. The molecule has 0 saturated carbocycles. The predicted molar refractivity (Wildman–Crippen MR) is 106 cm³/mol. The van der Waals surface area contributed by atoms with Crippen LogP contribution in [0.25, 0.3) is 0 Å². The van der Waals surface area contributed by atoms with Gasteiger partial charge in [-0.25, -0.2) is 8.42 Å². The predicted octanol–water partition coefficient (Wildman–Crippen LogP) is 3.35. The van der Waals surface area contributed by atoms with Crippen LogP contribution in [0.3, 0.4) is 0 Å². The number of carbonyl (C=O) groups is 1. The van der Waals surface area contributed by atoms with Crippen molar-refractivity contribution in [2.24, 2.45) is 0 Å². The van der Waals surface area contributed by atoms with E-state index in [-0.39, 0.29) is 10.8 Å². The highest BCUT2D eigenvalue weighted by molar-refractivity contribution is 7.91. The Balaban J connectivity index is 1.93. The normalized spacial score (nSPS) is 16.8. The van der Waals surface area contributed by atoms with Gasteiger partial charge in [0.2, 0.25) is 9.84 Å². The second-order valence-corrected chi connectivity index (χ2v) is 8.68. The topological polar surface area (TPSA) is 57.7 Å². The Morgan fingerprint density at radius 1 is 0.963 bits per heavy atom. The zero-order chi connectivity index (χ0) is 19.4. The van der Waals surface area contributed by atoms with E-state index in [1.165, 1.54) is 4.90 Å². The van der Waals surface area contributed by atoms with E-state index in [9.17, 15) is 13.2 Å². The summed E-state index contributed by atoms with van der Waals surface area (Å²) >= 11 is 0. The molecule has 0 saturated heterocycles. The number of fused-ring (bicyclic) bond motifs is 1. The zero-order valence-corrected chi connectivity index (χ0v) is 16.7. The number of rotatable bonds is 8. The molecule has 0 aromatic heterocycles. The van der Waals surface area contributed by atoms with Gasteiger partial charge < -0.3 is 9.80 Å². The molecule has 27 heavy (non-hydrogen) atoms. The Kier molecular flexibility index (Phi) is 5.97. The van der Waals surface area contributed by atoms with Crippen LogP contribution in [-0.4, -0.2) is 50.3 Å². The highest BCUT2D eigenvalue weighted by atomic mass is 32.2. The van der Waals surface area contributed by atoms with Gasteiger partial charge in [-0.05, 0) is 44.3 Å². The van der Waals surface area contributed by atoms with Crippen LogP contribution in [0, 0.1) is 0 Å². The van der Waals surface area contributed by atoms with E-state index >= 15 is 0 Å². The fraction of sp³-hybridized carbons (Fsp3) is 0.381. The highest BCUT2D eigenvalue weighted by Crippen LogP contribution is 2.40. The first kappa shape index (κ1) is 19.6. The average molecular weight is 387 g/mol. The van der Waals surface area contributed by atoms with Crippen molar-refractivity contribution in [1.82, 2.24) is 9.80 Å². The lowest BCUT2D eigenvalue weighted by molar-refractivity contribution is 0.0761. The molecule has 1 atom stereocenters. The number of nitrogens with zero attached hydrogens (tertiary/aromatic N) is 2. The zero-order valence-electron chi connectivity index (χ0n) is 15.8. The summed E-state index contributed by atoms with van der Waals surface area (Å²) in [4.78, 5) is 17.0. The molecule has 0 aliphatic carbocycles. The molecule has 1 aliphatic heterocycles. The van der Waals surface area contributed by atoms with Gasteiger partial charge >= 0.3 is 0 Å². The number of sulfone groups is 1. The molecule has 0 fully saturated rings. The molecular weight excluding hydrogens is 360 g/mol. The van der Waals surface area contributed by atoms with E-state index in [2.05, 4.69) is 18.7 Å². The van der Waals surface area contributed by atoms with Crippen LogP contribution >= 0.6 is 0 Å². The molecule has 6 heteroatoms. The van der Waals surface area contributed by atoms with E-state index < -0.39 is 15.2 Å². The van der Waals surface area contributed by atoms with Crippen molar-refractivity contribution in [3.63, 3.8) is 0 Å². The van der Waals surface area contributed by atoms with Gasteiger partial charge in [0.1, 0.15) is 0 Å². The van der Waals surface area contributed by atoms with Crippen molar-refractivity contribution < 1.29 is 13.2 Å². The molecule has 0 radical (unpaired) electrons. The first-order valence-electron chi connectivity index (χ1n) is 9.41. The van der Waals surface area contributed by atoms with Crippen molar-refractivity contribution in [2.45, 2.75) is 30.5 Å². The molecule has 5 nitrogen and oxygen atoms in total. The van der Waals surface area contributed by atoms with Crippen molar-refractivity contribution in [1.29, 1.82) is 0 Å². The third kappa shape index (κ3) is 3.77. The van der Waals surface area contributed by atoms with E-state index in [4.69, 9.17) is 0 Å². The van der Waals surface area contributed by atoms with E-state index in [0.29, 0.717) is 17.7 Å². The van der Waals surface area contributed by atoms with Crippen LogP contribution in [0.5, 0.6) is 0 Å². The fourth-order valence-corrected chi connectivity index (χ4v) is 5.50. The third-order valence-corrected chi connectivity index (χ3v) is 7.16. The summed E-state index contributed by atoms with van der Waals surface area (Å²) in [5.74, 6) is -0.199. The second kappa shape index (κ2) is 8.23. The van der Waals surface area contributed by atoms with Crippen LogP contribution < -0.4 is 0 Å². The Labute approximate surface area is 161 Å². The van der Waals surface area contributed by atoms with Crippen molar-refractivity contribution >= 4 is 15.7 Å². The summed E-state index contributed by atoms with van der Waals surface area (Å²) in [6.07, 6.45) is 0.738. The van der Waals surface area contributed by atoms with Crippen molar-refractivity contribution in [2.75, 3.05) is 26.2 Å². The maximum Gasteiger partial charge on any atom is 0.255 e. The first-order chi connectivity index (χ1) is 13.0. The number of hydrogen-bond donors (Lipinski definition) is 0. The number of hydrogen-bond acceptors (Lipinski definition) is 4. The minimum absolute atomic E-state index is 0.199. The van der Waals surface area contributed by atoms with E-state index in [0.717, 1.165) is 26.1 Å². The highest BCUT2D eigenvalue weighted by Gasteiger charge is 2.44. The first-order valence-corrected chi connectivity index (χ1v) is 11.0. The van der Waals surface area contributed by atoms with Gasteiger partial charge in [-0.15, -0.1) is 0 Å². The summed E-state index contributed by atoms with van der Waals surface area (Å²) in [5, 5.41) is -0.958. The summed E-state index contributed by atoms with van der Waals surface area (Å²) < 4.78 is 26.7. The minimum atomic E-state index is -3.70. The minimum Gasteiger partial charge on any atom is -0.317 e. The van der Waals surface area contributed by atoms with Crippen LogP contribution in [0.2, 0.25) is 0 Å². The monoisotopic (exact) mass is 386 g/mol. The maximum atomic E-state index is 13.4. The van der Waals surface area contributed by atoms with Gasteiger partial charge in [0.15, 0.2) is 5.37 Å². The molecule has 3 rings (SSSR count). The van der Waals surface area contributed by atoms with Gasteiger partial charge in [-0.3, -0.25) is 4.79 Å². The van der Waals surface area contributed by atoms with Gasteiger partial charge in [0.25, 0.3) is 5.91 Å². The molecule has 2 aromatic carbocycles. The second-order valence-electron chi connectivity index (χ2n) is 6.68. The third-order valence-electron chi connectivity index (χ3n) is 5.13. The van der Waals surface area contributed by atoms with Crippen LogP contribution in [-0.2, 0) is 9.84 Å². The van der Waals surface area contributed by atoms with E-state index in [1.807, 2.05) is 0 Å². The van der Waals surface area contributed by atoms with E-state index in [1.54, 1.807) is 54.6 Å². The van der Waals surface area contributed by atoms with Gasteiger partial charge in [-0.2, -0.15) is 0 Å². The average Bonchev–Trinajstić information content (AvgIpc) is 2.99. The van der Waals surface area contributed by atoms with Gasteiger partial charge in [0.05, 0.1) is 4.90 Å². The number of amides is 1. The quantitative estimate of drug-likeness (QED) is 0.698. The van der Waals surface area contributed by atoms with Crippen LogP contribution in [0.1, 0.15) is 41.6 Å². The smallest absolute Gasteiger partial charge is 0.255 e. The lowest BCUT2D eigenvalue weighted by atomic mass is 10.1. The lowest BCUT2D eigenvalue weighted by Crippen LogP contribution is -2.35. The molecular formula is C21H26N2O3S. The molecule has 0 spiro atoms. The standard InChI is InChI=1S/C21H26N2O3S/c1-3-22(4-2)15-10-16-23-20(24)18-13-8-9-14-19(18)21(23)27(25,26)17-11-6-5-7-12-17/h5-9,11-14,21H,3-4,10,15-16H2,1-2H3. The molecule has 1 unspecified atom stereocenters. The Morgan fingerprint density at radius 3 is 2.26 bits per heavy atom. The molecule has 0 bridgehead atoms. The molecule has 0 N–H and O–H groups in total. The summed E-state index contributed by atoms with van der Waals surface area (Å²) in [5.41, 5.74) is 1.07. The molecule has 1 heterocycles. The summed E-state index contributed by atoms with van der Waals surface area (Å²) in [7, 11) is -3.70. The summed E-state index contributed by atoms with van der Waals surface area (Å²) in [6, 6.07) is 15.4. The number of carbonyl (C=O) groups excluding carboxylic acids is 1. The molecule has 2 aromatic rings. The summed E-state index contributed by atoms with van der Waals surface area (Å²) in [6.45, 7) is 7.34.